The van der Waals surface area contributed by atoms with Gasteiger partial charge in [0.1, 0.15) is 35.4 Å². The molecule has 2 aliphatic heterocycles. The number of carbonyl (C=O) groups is 1. The molecule has 1 spiro atoms. The summed E-state index contributed by atoms with van der Waals surface area (Å²) in [5, 5.41) is 7.12. The van der Waals surface area contributed by atoms with Gasteiger partial charge in [-0.2, -0.15) is 13.2 Å². The van der Waals surface area contributed by atoms with E-state index in [1.807, 2.05) is 36.4 Å². The minimum atomic E-state index is -5.08. The third-order valence-electron chi connectivity index (χ3n) is 5.73. The summed E-state index contributed by atoms with van der Waals surface area (Å²) in [5.74, 6) is -0.623. The summed E-state index contributed by atoms with van der Waals surface area (Å²) in [6, 6.07) is 15.7. The molecular weight excluding hydrogens is 500 g/mol. The van der Waals surface area contributed by atoms with Gasteiger partial charge >= 0.3 is 12.1 Å². The first-order chi connectivity index (χ1) is 17.5. The van der Waals surface area contributed by atoms with E-state index >= 15 is 0 Å². The van der Waals surface area contributed by atoms with Crippen LogP contribution in [0.15, 0.2) is 59.6 Å². The van der Waals surface area contributed by atoms with E-state index in [0.717, 1.165) is 11.1 Å². The number of methoxy groups -OCH3 is 2. The van der Waals surface area contributed by atoms with E-state index in [1.165, 1.54) is 6.07 Å². The highest BCUT2D eigenvalue weighted by Gasteiger charge is 2.47. The molecule has 0 saturated carbocycles. The van der Waals surface area contributed by atoms with Crippen LogP contribution in [0.4, 0.5) is 17.6 Å². The van der Waals surface area contributed by atoms with Crippen LogP contribution < -0.4 is 19.9 Å². The first kappa shape index (κ1) is 25.6. The zero-order valence-corrected chi connectivity index (χ0v) is 19.4. The van der Waals surface area contributed by atoms with Crippen molar-refractivity contribution < 1.29 is 46.4 Å². The molecule has 0 fully saturated rings. The monoisotopic (exact) mass is 520 g/mol. The summed E-state index contributed by atoms with van der Waals surface area (Å²) in [6.07, 6.45) is -5.08. The minimum Gasteiger partial charge on any atom is -0.497 e. The van der Waals surface area contributed by atoms with Crippen LogP contribution in [0.1, 0.15) is 11.1 Å². The second-order valence-corrected chi connectivity index (χ2v) is 7.92. The van der Waals surface area contributed by atoms with Gasteiger partial charge in [0, 0.05) is 16.7 Å². The van der Waals surface area contributed by atoms with Crippen molar-refractivity contribution in [1.82, 2.24) is 0 Å². The maximum Gasteiger partial charge on any atom is 0.490 e. The van der Waals surface area contributed by atoms with Crippen LogP contribution in [-0.2, 0) is 15.1 Å². The van der Waals surface area contributed by atoms with Crippen LogP contribution in [0.5, 0.6) is 23.0 Å². The predicted octanol–water partition coefficient (Wildman–Crippen LogP) is 4.84. The fourth-order valence-electron chi connectivity index (χ4n) is 3.98. The number of benzene rings is 3. The van der Waals surface area contributed by atoms with Crippen molar-refractivity contribution in [3.05, 3.63) is 71.5 Å². The van der Waals surface area contributed by atoms with Crippen LogP contribution in [0.25, 0.3) is 11.1 Å². The molecule has 194 valence electrons. The number of aliphatic imine (C=N–C) groups is 1. The van der Waals surface area contributed by atoms with Crippen LogP contribution in [-0.4, -0.2) is 44.1 Å². The van der Waals surface area contributed by atoms with E-state index < -0.39 is 17.7 Å². The normalized spacial score (nSPS) is 17.3. The van der Waals surface area contributed by atoms with Gasteiger partial charge in [-0.15, -0.1) is 0 Å². The summed E-state index contributed by atoms with van der Waals surface area (Å²) >= 11 is 0. The van der Waals surface area contributed by atoms with Crippen LogP contribution >= 0.6 is 0 Å². The lowest BCUT2D eigenvalue weighted by Gasteiger charge is -2.34. The molecule has 1 unspecified atom stereocenters. The number of aliphatic carboxylic acids is 1. The Balaban J connectivity index is 0.000000405. The molecule has 0 saturated heterocycles. The molecule has 0 amide bonds. The van der Waals surface area contributed by atoms with Gasteiger partial charge in [-0.25, -0.2) is 14.2 Å². The third kappa shape index (κ3) is 4.82. The summed E-state index contributed by atoms with van der Waals surface area (Å²) in [4.78, 5) is 13.5. The van der Waals surface area contributed by atoms with Gasteiger partial charge in [0.2, 0.25) is 0 Å². The fourth-order valence-corrected chi connectivity index (χ4v) is 3.98. The second kappa shape index (κ2) is 9.52. The number of carboxylic acids is 1. The molecule has 0 aliphatic carbocycles. The highest BCUT2D eigenvalue weighted by atomic mass is 19.4. The standard InChI is InChI=1S/C23H19FN2O4.C2HF3O2/c1-27-14-4-6-19(24)16(10-14)13-3-7-20-17(9-13)23(12-29-22(25)26-23)18-11-15(28-2)5-8-21(18)30-20;3-2(4,5)1(6)7/h3-11H,12H2,1-2H3,(H2,25,26);(H,6,7). The lowest BCUT2D eigenvalue weighted by atomic mass is 9.80. The van der Waals surface area contributed by atoms with Gasteiger partial charge in [0.25, 0.3) is 6.02 Å². The number of nitrogens with zero attached hydrogens (tertiary/aromatic N) is 1. The summed E-state index contributed by atoms with van der Waals surface area (Å²) in [6.45, 7) is 0.208. The predicted molar refractivity (Wildman–Crippen MR) is 124 cm³/mol. The number of rotatable bonds is 3. The number of ether oxygens (including phenoxy) is 4. The van der Waals surface area contributed by atoms with Crippen molar-refractivity contribution in [2.45, 2.75) is 11.7 Å². The van der Waals surface area contributed by atoms with E-state index in [2.05, 4.69) is 4.99 Å². The molecule has 0 bridgehead atoms. The average molecular weight is 520 g/mol. The summed E-state index contributed by atoms with van der Waals surface area (Å²) in [7, 11) is 3.14. The number of nitrogens with two attached hydrogens (primary N) is 1. The number of amidine groups is 1. The first-order valence-electron chi connectivity index (χ1n) is 10.6. The molecule has 0 aromatic heterocycles. The Morgan fingerprint density at radius 3 is 2.14 bits per heavy atom. The van der Waals surface area contributed by atoms with Crippen LogP contribution in [0.2, 0.25) is 0 Å². The van der Waals surface area contributed by atoms with Gasteiger partial charge in [-0.1, -0.05) is 6.07 Å². The summed E-state index contributed by atoms with van der Waals surface area (Å²) in [5.41, 5.74) is 7.60. The van der Waals surface area contributed by atoms with Crippen LogP contribution in [0, 0.1) is 5.82 Å². The topological polar surface area (TPSA) is 113 Å². The average Bonchev–Trinajstić information content (AvgIpc) is 3.26. The number of carboxylic acid groups (broad SMARTS) is 1. The third-order valence-corrected chi connectivity index (χ3v) is 5.73. The number of halogens is 4. The lowest BCUT2D eigenvalue weighted by molar-refractivity contribution is -0.192. The molecule has 37 heavy (non-hydrogen) atoms. The molecule has 0 radical (unpaired) electrons. The van der Waals surface area contributed by atoms with E-state index in [1.54, 1.807) is 26.4 Å². The number of hydrogen-bond acceptors (Lipinski definition) is 7. The van der Waals surface area contributed by atoms with E-state index in [-0.39, 0.29) is 18.4 Å². The van der Waals surface area contributed by atoms with E-state index in [9.17, 15) is 17.6 Å². The highest BCUT2D eigenvalue weighted by molar-refractivity contribution is 5.78. The molecule has 2 aliphatic rings. The van der Waals surface area contributed by atoms with Gasteiger partial charge in [0.05, 0.1) is 14.2 Å². The van der Waals surface area contributed by atoms with Crippen molar-refractivity contribution in [2.24, 2.45) is 10.7 Å². The van der Waals surface area contributed by atoms with Crippen molar-refractivity contribution in [3.8, 4) is 34.1 Å². The zero-order chi connectivity index (χ0) is 27.0. The largest absolute Gasteiger partial charge is 0.497 e. The molecule has 8 nitrogen and oxygen atoms in total. The Morgan fingerprint density at radius 2 is 1.57 bits per heavy atom. The maximum absolute atomic E-state index is 14.6. The molecular formula is C25H20F4N2O6. The quantitative estimate of drug-likeness (QED) is 0.476. The Kier molecular flexibility index (Phi) is 6.59. The van der Waals surface area contributed by atoms with Gasteiger partial charge in [0.15, 0.2) is 5.54 Å². The Morgan fingerprint density at radius 1 is 1.00 bits per heavy atom. The minimum absolute atomic E-state index is 0.0922. The fraction of sp³-hybridized carbons (Fsp3) is 0.200. The molecule has 3 aromatic rings. The molecule has 5 rings (SSSR count). The molecule has 3 N–H and O–H groups in total. The van der Waals surface area contributed by atoms with E-state index in [0.29, 0.717) is 34.1 Å². The van der Waals surface area contributed by atoms with Crippen molar-refractivity contribution in [2.75, 3.05) is 20.8 Å². The lowest BCUT2D eigenvalue weighted by Crippen LogP contribution is -2.31. The second-order valence-electron chi connectivity index (χ2n) is 7.92. The van der Waals surface area contributed by atoms with Crippen molar-refractivity contribution >= 4 is 12.0 Å². The van der Waals surface area contributed by atoms with E-state index in [4.69, 9.17) is 34.6 Å². The van der Waals surface area contributed by atoms with Gasteiger partial charge < -0.3 is 29.8 Å². The molecule has 2 heterocycles. The van der Waals surface area contributed by atoms with Crippen LogP contribution in [0.3, 0.4) is 0 Å². The number of alkyl halides is 3. The first-order valence-corrected chi connectivity index (χ1v) is 10.6. The summed E-state index contributed by atoms with van der Waals surface area (Å²) < 4.78 is 68.7. The smallest absolute Gasteiger partial charge is 0.490 e. The Labute approximate surface area is 207 Å². The Hall–Kier alpha value is -4.48. The molecule has 3 aromatic carbocycles. The van der Waals surface area contributed by atoms with Gasteiger partial charge in [-0.3, -0.25) is 0 Å². The zero-order valence-electron chi connectivity index (χ0n) is 19.4. The number of fused-ring (bicyclic) bond motifs is 4. The van der Waals surface area contributed by atoms with Gasteiger partial charge in [-0.05, 0) is 54.1 Å². The van der Waals surface area contributed by atoms with Crippen molar-refractivity contribution in [3.63, 3.8) is 0 Å². The maximum atomic E-state index is 14.6. The molecule has 12 heteroatoms. The molecule has 1 atom stereocenters. The Bertz CT molecular complexity index is 1390. The number of hydrogen-bond donors (Lipinski definition) is 2. The SMILES string of the molecule is COc1ccc(F)c(-c2ccc3c(c2)C2(COC(N)=N2)c2cc(OC)ccc2O3)c1.O=C(O)C(F)(F)F. The highest BCUT2D eigenvalue weighted by Crippen LogP contribution is 2.52. The van der Waals surface area contributed by atoms with Crippen molar-refractivity contribution in [1.29, 1.82) is 0 Å².